The number of anilines is 1. The van der Waals surface area contributed by atoms with Crippen molar-refractivity contribution < 1.29 is 14.3 Å². The van der Waals surface area contributed by atoms with Crippen LogP contribution in [-0.4, -0.2) is 51.1 Å². The van der Waals surface area contributed by atoms with Gasteiger partial charge in [-0.15, -0.1) is 0 Å². The van der Waals surface area contributed by atoms with Crippen LogP contribution in [0.4, 0.5) is 10.5 Å². The molecule has 2 amide bonds. The van der Waals surface area contributed by atoms with Crippen molar-refractivity contribution in [3.05, 3.63) is 48.3 Å². The van der Waals surface area contributed by atoms with Gasteiger partial charge in [0.05, 0.1) is 30.2 Å². The summed E-state index contributed by atoms with van der Waals surface area (Å²) in [5, 5.41) is 13.2. The van der Waals surface area contributed by atoms with E-state index < -0.39 is 0 Å². The van der Waals surface area contributed by atoms with Crippen LogP contribution in [0.1, 0.15) is 12.5 Å². The van der Waals surface area contributed by atoms with Gasteiger partial charge in [-0.2, -0.15) is 15.4 Å². The van der Waals surface area contributed by atoms with Crippen LogP contribution in [-0.2, 0) is 16.0 Å². The van der Waals surface area contributed by atoms with E-state index in [0.29, 0.717) is 18.7 Å². The average Bonchev–Trinajstić information content (AvgIpc) is 3.44. The van der Waals surface area contributed by atoms with Gasteiger partial charge < -0.3 is 10.1 Å². The van der Waals surface area contributed by atoms with Gasteiger partial charge >= 0.3 is 6.09 Å². The van der Waals surface area contributed by atoms with Crippen LogP contribution in [0, 0.1) is 0 Å². The van der Waals surface area contributed by atoms with Gasteiger partial charge in [0.1, 0.15) is 11.8 Å². The molecule has 2 atom stereocenters. The Bertz CT molecular complexity index is 1080. The molecule has 2 aliphatic heterocycles. The van der Waals surface area contributed by atoms with Crippen LogP contribution in [0.5, 0.6) is 0 Å². The second-order valence-electron chi connectivity index (χ2n) is 7.13. The molecule has 146 valence electrons. The second kappa shape index (κ2) is 6.69. The third kappa shape index (κ3) is 3.00. The first-order valence-corrected chi connectivity index (χ1v) is 9.30. The molecule has 0 saturated carbocycles. The van der Waals surface area contributed by atoms with Gasteiger partial charge in [0.2, 0.25) is 5.91 Å². The van der Waals surface area contributed by atoms with Crippen molar-refractivity contribution in [2.75, 3.05) is 11.4 Å². The Morgan fingerprint density at radius 1 is 1.24 bits per heavy atom. The van der Waals surface area contributed by atoms with Gasteiger partial charge in [-0.1, -0.05) is 12.1 Å². The number of H-pyrrole nitrogens is 1. The highest BCUT2D eigenvalue weighted by atomic mass is 16.6. The molecular weight excluding hydrogens is 372 g/mol. The number of carbonyl (C=O) groups excluding carboxylic acids is 2. The molecule has 0 unspecified atom stereocenters. The van der Waals surface area contributed by atoms with E-state index in [9.17, 15) is 9.59 Å². The molecule has 3 aromatic rings. The number of nitrogens with zero attached hydrogens (tertiary/aromatic N) is 4. The van der Waals surface area contributed by atoms with E-state index in [1.165, 1.54) is 6.92 Å². The molecule has 9 nitrogen and oxygen atoms in total. The number of amides is 2. The smallest absolute Gasteiger partial charge is 0.415 e. The molecule has 1 saturated heterocycles. The van der Waals surface area contributed by atoms with Gasteiger partial charge in [0, 0.05) is 18.7 Å². The van der Waals surface area contributed by atoms with Gasteiger partial charge in [0.25, 0.3) is 0 Å². The predicted octanol–water partition coefficient (Wildman–Crippen LogP) is 1.92. The fourth-order valence-corrected chi connectivity index (χ4v) is 3.92. The Morgan fingerprint density at radius 3 is 2.83 bits per heavy atom. The SMILES string of the molecule is CC(=O)NC[C@@H]1OC(=O)N2c3ccc(-c4ccc(-c5cn[nH]n5)nc4)cc3C[C@@H]12. The zero-order valence-electron chi connectivity index (χ0n) is 15.6. The summed E-state index contributed by atoms with van der Waals surface area (Å²) in [5.74, 6) is -0.140. The summed E-state index contributed by atoms with van der Waals surface area (Å²) >= 11 is 0. The summed E-state index contributed by atoms with van der Waals surface area (Å²) in [6.07, 6.45) is 3.39. The van der Waals surface area contributed by atoms with Gasteiger partial charge in [-0.3, -0.25) is 14.7 Å². The topological polar surface area (TPSA) is 113 Å². The Hall–Kier alpha value is -3.75. The predicted molar refractivity (Wildman–Crippen MR) is 104 cm³/mol. The maximum Gasteiger partial charge on any atom is 0.415 e. The third-order valence-electron chi connectivity index (χ3n) is 5.30. The Kier molecular flexibility index (Phi) is 4.01. The van der Waals surface area contributed by atoms with E-state index in [0.717, 1.165) is 28.1 Å². The standard InChI is InChI=1S/C20H18N6O3/c1-11(27)21-10-19-18-7-14-6-12(3-5-17(14)26(18)20(28)29-19)13-2-4-15(22-8-13)16-9-23-25-24-16/h2-6,8-9,18-19H,7,10H2,1H3,(H,21,27)(H,23,24,25)/t18-,19-/m0/s1. The van der Waals surface area contributed by atoms with Gasteiger partial charge in [-0.25, -0.2) is 4.79 Å². The minimum Gasteiger partial charge on any atom is -0.442 e. The lowest BCUT2D eigenvalue weighted by Crippen LogP contribution is -2.40. The van der Waals surface area contributed by atoms with E-state index in [1.807, 2.05) is 24.3 Å². The van der Waals surface area contributed by atoms with Gasteiger partial charge in [-0.05, 0) is 35.7 Å². The zero-order chi connectivity index (χ0) is 20.0. The molecule has 1 aromatic carbocycles. The molecule has 0 aliphatic carbocycles. The molecule has 9 heteroatoms. The number of aromatic amines is 1. The molecule has 29 heavy (non-hydrogen) atoms. The maximum atomic E-state index is 12.3. The third-order valence-corrected chi connectivity index (χ3v) is 5.30. The number of fused-ring (bicyclic) bond motifs is 3. The van der Waals surface area contributed by atoms with E-state index in [4.69, 9.17) is 4.74 Å². The maximum absolute atomic E-state index is 12.3. The highest BCUT2D eigenvalue weighted by Gasteiger charge is 2.47. The van der Waals surface area contributed by atoms with Crippen molar-refractivity contribution >= 4 is 17.7 Å². The fourth-order valence-electron chi connectivity index (χ4n) is 3.92. The van der Waals surface area contributed by atoms with Crippen molar-refractivity contribution in [3.63, 3.8) is 0 Å². The highest BCUT2D eigenvalue weighted by Crippen LogP contribution is 2.40. The zero-order valence-corrected chi connectivity index (χ0v) is 15.6. The number of pyridine rings is 1. The number of benzene rings is 1. The van der Waals surface area contributed by atoms with Crippen LogP contribution in [0.2, 0.25) is 0 Å². The first-order chi connectivity index (χ1) is 14.1. The quantitative estimate of drug-likeness (QED) is 0.704. The molecule has 1 fully saturated rings. The van der Waals surface area contributed by atoms with Crippen molar-refractivity contribution in [2.45, 2.75) is 25.5 Å². The molecule has 5 rings (SSSR count). The minimum atomic E-state index is -0.365. The average molecular weight is 390 g/mol. The van der Waals surface area contributed by atoms with E-state index >= 15 is 0 Å². The van der Waals surface area contributed by atoms with Crippen LogP contribution >= 0.6 is 0 Å². The number of aromatic nitrogens is 4. The number of carbonyl (C=O) groups is 2. The number of cyclic esters (lactones) is 1. The summed E-state index contributed by atoms with van der Waals surface area (Å²) in [6.45, 7) is 1.77. The highest BCUT2D eigenvalue weighted by molar-refractivity contribution is 5.94. The second-order valence-corrected chi connectivity index (χ2v) is 7.13. The van der Waals surface area contributed by atoms with Crippen LogP contribution in [0.25, 0.3) is 22.5 Å². The molecular formula is C20H18N6O3. The minimum absolute atomic E-state index is 0.104. The Labute approximate surface area is 166 Å². The molecule has 0 bridgehead atoms. The van der Waals surface area contributed by atoms with Crippen molar-refractivity contribution in [1.29, 1.82) is 0 Å². The van der Waals surface area contributed by atoms with Crippen LogP contribution in [0.15, 0.2) is 42.7 Å². The summed E-state index contributed by atoms with van der Waals surface area (Å²) in [7, 11) is 0. The number of hydrogen-bond acceptors (Lipinski definition) is 6. The number of nitrogens with one attached hydrogen (secondary N) is 2. The van der Waals surface area contributed by atoms with Gasteiger partial charge in [0.15, 0.2) is 0 Å². The molecule has 2 N–H and O–H groups in total. The molecule has 4 heterocycles. The molecule has 0 spiro atoms. The molecule has 2 aromatic heterocycles. The summed E-state index contributed by atoms with van der Waals surface area (Å²) in [6, 6.07) is 9.79. The van der Waals surface area contributed by atoms with Crippen molar-refractivity contribution in [1.82, 2.24) is 25.7 Å². The normalized spacial score (nSPS) is 19.6. The van der Waals surface area contributed by atoms with Crippen molar-refractivity contribution in [3.8, 4) is 22.5 Å². The first kappa shape index (κ1) is 17.4. The molecule has 0 radical (unpaired) electrons. The number of rotatable bonds is 4. The lowest BCUT2D eigenvalue weighted by molar-refractivity contribution is -0.119. The van der Waals surface area contributed by atoms with Crippen molar-refractivity contribution in [2.24, 2.45) is 0 Å². The largest absolute Gasteiger partial charge is 0.442 e. The van der Waals surface area contributed by atoms with Crippen LogP contribution < -0.4 is 10.2 Å². The Morgan fingerprint density at radius 2 is 2.10 bits per heavy atom. The summed E-state index contributed by atoms with van der Waals surface area (Å²) in [5.41, 5.74) is 5.38. The first-order valence-electron chi connectivity index (χ1n) is 9.30. The Balaban J connectivity index is 1.39. The lowest BCUT2D eigenvalue weighted by atomic mass is 10.0. The number of ether oxygens (including phenoxy) is 1. The molecule has 2 aliphatic rings. The monoisotopic (exact) mass is 390 g/mol. The van der Waals surface area contributed by atoms with E-state index in [-0.39, 0.29) is 24.1 Å². The summed E-state index contributed by atoms with van der Waals surface area (Å²) < 4.78 is 5.45. The van der Waals surface area contributed by atoms with E-state index in [2.05, 4.69) is 31.8 Å². The fraction of sp³-hybridized carbons (Fsp3) is 0.250. The lowest BCUT2D eigenvalue weighted by Gasteiger charge is -2.16. The summed E-state index contributed by atoms with van der Waals surface area (Å²) in [4.78, 5) is 29.7. The van der Waals surface area contributed by atoms with E-state index in [1.54, 1.807) is 17.3 Å². The number of hydrogen-bond donors (Lipinski definition) is 2. The van der Waals surface area contributed by atoms with Crippen LogP contribution in [0.3, 0.4) is 0 Å².